The average Bonchev–Trinajstić information content (AvgIpc) is 3.14. The summed E-state index contributed by atoms with van der Waals surface area (Å²) in [4.78, 5) is 12.6. The highest BCUT2D eigenvalue weighted by molar-refractivity contribution is 7.88. The molecule has 0 spiro atoms. The SMILES string of the molecule is CS(=O)(=O)N[C@@H]1[C@@H](NC(=O)c2n[nH]c3c2COCC3)[C@H]2CCO[C@H]21. The van der Waals surface area contributed by atoms with Crippen LogP contribution < -0.4 is 10.0 Å². The highest BCUT2D eigenvalue weighted by Gasteiger charge is 2.55. The van der Waals surface area contributed by atoms with Gasteiger partial charge in [-0.1, -0.05) is 0 Å². The molecule has 9 nitrogen and oxygen atoms in total. The van der Waals surface area contributed by atoms with Crippen LogP contribution in [0, 0.1) is 5.92 Å². The van der Waals surface area contributed by atoms with Crippen LogP contribution in [0.1, 0.15) is 28.2 Å². The summed E-state index contributed by atoms with van der Waals surface area (Å²) in [5.74, 6) is -0.187. The van der Waals surface area contributed by atoms with Crippen molar-refractivity contribution in [2.45, 2.75) is 37.6 Å². The van der Waals surface area contributed by atoms with Crippen LogP contribution >= 0.6 is 0 Å². The number of rotatable bonds is 4. The van der Waals surface area contributed by atoms with Gasteiger partial charge < -0.3 is 14.8 Å². The first-order valence-electron chi connectivity index (χ1n) is 7.97. The zero-order valence-electron chi connectivity index (χ0n) is 13.2. The van der Waals surface area contributed by atoms with Crippen LogP contribution in [-0.4, -0.2) is 62.2 Å². The zero-order chi connectivity index (χ0) is 16.9. The van der Waals surface area contributed by atoms with Crippen molar-refractivity contribution in [1.29, 1.82) is 0 Å². The fourth-order valence-corrected chi connectivity index (χ4v) is 4.59. The van der Waals surface area contributed by atoms with Gasteiger partial charge in [0.25, 0.3) is 5.91 Å². The van der Waals surface area contributed by atoms with Crippen molar-refractivity contribution in [2.24, 2.45) is 5.92 Å². The summed E-state index contributed by atoms with van der Waals surface area (Å²) in [5.41, 5.74) is 2.03. The smallest absolute Gasteiger partial charge is 0.272 e. The summed E-state index contributed by atoms with van der Waals surface area (Å²) in [5, 5.41) is 9.92. The number of amides is 1. The Morgan fingerprint density at radius 3 is 2.96 bits per heavy atom. The molecule has 0 radical (unpaired) electrons. The van der Waals surface area contributed by atoms with Gasteiger partial charge in [-0.2, -0.15) is 5.10 Å². The van der Waals surface area contributed by atoms with Crippen molar-refractivity contribution < 1.29 is 22.7 Å². The minimum atomic E-state index is -3.38. The van der Waals surface area contributed by atoms with Gasteiger partial charge in [-0.25, -0.2) is 13.1 Å². The van der Waals surface area contributed by atoms with E-state index in [1.54, 1.807) is 0 Å². The van der Waals surface area contributed by atoms with Crippen molar-refractivity contribution in [3.63, 3.8) is 0 Å². The molecule has 1 saturated heterocycles. The minimum Gasteiger partial charge on any atom is -0.376 e. The number of fused-ring (bicyclic) bond motifs is 2. The molecule has 1 aromatic rings. The number of carbonyl (C=O) groups excluding carboxylic acids is 1. The molecule has 2 fully saturated rings. The normalized spacial score (nSPS) is 31.9. The van der Waals surface area contributed by atoms with Crippen LogP contribution in [-0.2, 0) is 32.5 Å². The lowest BCUT2D eigenvalue weighted by molar-refractivity contribution is -0.0195. The van der Waals surface area contributed by atoms with E-state index in [0.717, 1.165) is 23.9 Å². The molecule has 0 aromatic carbocycles. The zero-order valence-corrected chi connectivity index (χ0v) is 14.1. The molecule has 3 N–H and O–H groups in total. The molecule has 0 unspecified atom stereocenters. The summed E-state index contributed by atoms with van der Waals surface area (Å²) >= 11 is 0. The standard InChI is InChI=1S/C14H20N4O5S/c1-24(20,21)18-12-10(7-2-5-23-13(7)12)15-14(19)11-8-6-22-4-3-9(8)16-17-11/h7,10,12-13,18H,2-6H2,1H3,(H,15,19)(H,16,17)/t7-,10+,12-,13-/m1/s1. The Balaban J connectivity index is 1.51. The van der Waals surface area contributed by atoms with Crippen LogP contribution in [0.2, 0.25) is 0 Å². The Hall–Kier alpha value is -1.49. The molecule has 132 valence electrons. The Morgan fingerprint density at radius 1 is 1.33 bits per heavy atom. The van der Waals surface area contributed by atoms with Gasteiger partial charge in [0.1, 0.15) is 0 Å². The average molecular weight is 356 g/mol. The van der Waals surface area contributed by atoms with Crippen LogP contribution in [0.3, 0.4) is 0 Å². The van der Waals surface area contributed by atoms with Gasteiger partial charge in [-0.15, -0.1) is 0 Å². The second kappa shape index (κ2) is 5.80. The van der Waals surface area contributed by atoms with Crippen LogP contribution in [0.5, 0.6) is 0 Å². The number of H-pyrrole nitrogens is 1. The Bertz CT molecular complexity index is 761. The number of hydrogen-bond donors (Lipinski definition) is 3. The molecule has 4 atom stereocenters. The van der Waals surface area contributed by atoms with Crippen LogP contribution in [0.25, 0.3) is 0 Å². The van der Waals surface area contributed by atoms with E-state index in [-0.39, 0.29) is 24.0 Å². The van der Waals surface area contributed by atoms with E-state index in [0.29, 0.717) is 31.9 Å². The maximum atomic E-state index is 12.6. The number of hydrogen-bond acceptors (Lipinski definition) is 6. The van der Waals surface area contributed by atoms with Crippen molar-refractivity contribution in [1.82, 2.24) is 20.2 Å². The lowest BCUT2D eigenvalue weighted by atomic mass is 9.72. The minimum absolute atomic E-state index is 0.124. The highest BCUT2D eigenvalue weighted by Crippen LogP contribution is 2.39. The molecule has 2 aliphatic heterocycles. The maximum absolute atomic E-state index is 12.6. The molecule has 1 saturated carbocycles. The molecule has 4 rings (SSSR count). The third kappa shape index (κ3) is 2.73. The van der Waals surface area contributed by atoms with E-state index in [1.807, 2.05) is 0 Å². The summed E-state index contributed by atoms with van der Waals surface area (Å²) in [7, 11) is -3.38. The van der Waals surface area contributed by atoms with Gasteiger partial charge in [0.15, 0.2) is 5.69 Å². The Morgan fingerprint density at radius 2 is 2.17 bits per heavy atom. The van der Waals surface area contributed by atoms with Crippen molar-refractivity contribution >= 4 is 15.9 Å². The van der Waals surface area contributed by atoms with E-state index in [1.165, 1.54) is 0 Å². The second-order valence-corrected chi connectivity index (χ2v) is 8.31. The highest BCUT2D eigenvalue weighted by atomic mass is 32.2. The van der Waals surface area contributed by atoms with E-state index < -0.39 is 16.1 Å². The van der Waals surface area contributed by atoms with Gasteiger partial charge >= 0.3 is 0 Å². The lowest BCUT2D eigenvalue weighted by Crippen LogP contribution is -2.70. The molecule has 10 heteroatoms. The number of ether oxygens (including phenoxy) is 2. The van der Waals surface area contributed by atoms with Crippen molar-refractivity contribution in [3.8, 4) is 0 Å². The summed E-state index contributed by atoms with van der Waals surface area (Å²) < 4.78 is 36.7. The predicted molar refractivity (Wildman–Crippen MR) is 82.8 cm³/mol. The van der Waals surface area contributed by atoms with Crippen molar-refractivity contribution in [3.05, 3.63) is 17.0 Å². The molecule has 1 aromatic heterocycles. The lowest BCUT2D eigenvalue weighted by Gasteiger charge is -2.47. The first-order valence-corrected chi connectivity index (χ1v) is 9.87. The molecule has 1 aliphatic carbocycles. The second-order valence-electron chi connectivity index (χ2n) is 6.53. The van der Waals surface area contributed by atoms with Gasteiger partial charge in [-0.3, -0.25) is 9.89 Å². The van der Waals surface area contributed by atoms with Crippen LogP contribution in [0.4, 0.5) is 0 Å². The molecule has 0 bridgehead atoms. The number of aromatic nitrogens is 2. The quantitative estimate of drug-likeness (QED) is 0.631. The van der Waals surface area contributed by atoms with E-state index in [2.05, 4.69) is 20.2 Å². The molecule has 1 amide bonds. The van der Waals surface area contributed by atoms with E-state index in [4.69, 9.17) is 9.47 Å². The van der Waals surface area contributed by atoms with Gasteiger partial charge in [0.2, 0.25) is 10.0 Å². The number of sulfonamides is 1. The van der Waals surface area contributed by atoms with Crippen molar-refractivity contribution in [2.75, 3.05) is 19.5 Å². The van der Waals surface area contributed by atoms with Gasteiger partial charge in [0, 0.05) is 30.2 Å². The molecule has 3 aliphatic rings. The van der Waals surface area contributed by atoms with Crippen LogP contribution in [0.15, 0.2) is 0 Å². The number of nitrogens with one attached hydrogen (secondary N) is 3. The van der Waals surface area contributed by atoms with Gasteiger partial charge in [0.05, 0.1) is 37.7 Å². The van der Waals surface area contributed by atoms with Gasteiger partial charge in [-0.05, 0) is 6.42 Å². The largest absolute Gasteiger partial charge is 0.376 e. The third-order valence-corrected chi connectivity index (χ3v) is 5.64. The maximum Gasteiger partial charge on any atom is 0.272 e. The Labute approximate surface area is 139 Å². The number of aromatic amines is 1. The molecular formula is C14H20N4O5S. The monoisotopic (exact) mass is 356 g/mol. The summed E-state index contributed by atoms with van der Waals surface area (Å²) in [6.45, 7) is 1.55. The summed E-state index contributed by atoms with van der Waals surface area (Å²) in [6.07, 6.45) is 2.44. The molecule has 3 heterocycles. The number of carbonyl (C=O) groups is 1. The van der Waals surface area contributed by atoms with E-state index >= 15 is 0 Å². The first-order chi connectivity index (χ1) is 11.4. The predicted octanol–water partition coefficient (Wildman–Crippen LogP) is -1.08. The van der Waals surface area contributed by atoms with E-state index in [9.17, 15) is 13.2 Å². The fourth-order valence-electron chi connectivity index (χ4n) is 3.81. The Kier molecular flexibility index (Phi) is 3.87. The topological polar surface area (TPSA) is 122 Å². The fraction of sp³-hybridized carbons (Fsp3) is 0.714. The number of nitrogens with zero attached hydrogens (tertiary/aromatic N) is 1. The molecular weight excluding hydrogens is 336 g/mol. The summed E-state index contributed by atoms with van der Waals surface area (Å²) in [6, 6.07) is -0.737. The molecule has 24 heavy (non-hydrogen) atoms. The third-order valence-electron chi connectivity index (χ3n) is 4.94. The first kappa shape index (κ1) is 16.0.